The number of esters is 4. The van der Waals surface area contributed by atoms with Gasteiger partial charge in [-0.1, -0.05) is 48.0 Å². The minimum atomic E-state index is -0.479. The second-order valence-corrected chi connectivity index (χ2v) is 18.0. The van der Waals surface area contributed by atoms with Crippen LogP contribution in [0.3, 0.4) is 0 Å². The highest BCUT2D eigenvalue weighted by Crippen LogP contribution is 2.36. The Labute approximate surface area is 470 Å². The summed E-state index contributed by atoms with van der Waals surface area (Å²) in [7, 11) is 0. The molecule has 0 atom stereocenters. The van der Waals surface area contributed by atoms with Gasteiger partial charge >= 0.3 is 23.9 Å². The van der Waals surface area contributed by atoms with Gasteiger partial charge in [-0.3, -0.25) is 0 Å². The van der Waals surface area contributed by atoms with Gasteiger partial charge in [0.25, 0.3) is 0 Å². The maximum absolute atomic E-state index is 12.9. The summed E-state index contributed by atoms with van der Waals surface area (Å²) in [6, 6.07) is 37.5. The monoisotopic (exact) mass is 1170 g/mol. The smallest absolute Gasteiger partial charge is 0.343 e. The van der Waals surface area contributed by atoms with E-state index in [1.54, 1.807) is 91.1 Å². The van der Waals surface area contributed by atoms with Crippen LogP contribution in [-0.4, -0.2) is 41.7 Å². The first kappa shape index (κ1) is 59.7. The molecule has 0 saturated carbocycles. The molecule has 0 N–H and O–H groups in total. The van der Waals surface area contributed by atoms with Gasteiger partial charge in [0.1, 0.15) is 66.6 Å². The van der Waals surface area contributed by atoms with Crippen LogP contribution in [0.5, 0.6) is 34.5 Å². The SMILES string of the molecule is C=Cn1cc[n+](CCOc2ccc(C(=O)Oc3c(C)cc(OC(=O)c4ccc(C)cc4)c(C)c3C)cc2)c1.Cc1ccc(C(=O)Oc2cc(C)c(OC(=O)c3ccc(OCC[n+]4ccccc4)cc3)c(C)c2C)cc1.[Br-].[Br-]. The van der Waals surface area contributed by atoms with E-state index in [0.717, 1.165) is 39.9 Å². The largest absolute Gasteiger partial charge is 1.00 e. The van der Waals surface area contributed by atoms with Crippen molar-refractivity contribution in [3.05, 3.63) is 232 Å². The molecule has 0 aliphatic rings. The molecule has 2 heterocycles. The van der Waals surface area contributed by atoms with Crippen molar-refractivity contribution >= 4 is 30.1 Å². The third-order valence-corrected chi connectivity index (χ3v) is 12.4. The highest BCUT2D eigenvalue weighted by atomic mass is 79.9. The predicted octanol–water partition coefficient (Wildman–Crippen LogP) is 5.36. The van der Waals surface area contributed by atoms with E-state index < -0.39 is 23.9 Å². The third-order valence-electron chi connectivity index (χ3n) is 12.4. The van der Waals surface area contributed by atoms with Crippen LogP contribution in [0.25, 0.3) is 6.20 Å². The number of nitrogens with zero attached hydrogens (tertiary/aromatic N) is 3. The summed E-state index contributed by atoms with van der Waals surface area (Å²) >= 11 is 0. The molecule has 0 aliphatic heterocycles. The van der Waals surface area contributed by atoms with E-state index in [9.17, 15) is 19.2 Å². The fourth-order valence-electron chi connectivity index (χ4n) is 7.72. The molecule has 2 aromatic heterocycles. The van der Waals surface area contributed by atoms with Crippen molar-refractivity contribution in [1.29, 1.82) is 0 Å². The molecule has 8 rings (SSSR count). The number of halogens is 2. The van der Waals surface area contributed by atoms with E-state index >= 15 is 0 Å². The predicted molar refractivity (Wildman–Crippen MR) is 285 cm³/mol. The van der Waals surface area contributed by atoms with Crippen molar-refractivity contribution in [2.24, 2.45) is 0 Å². The summed E-state index contributed by atoms with van der Waals surface area (Å²) < 4.78 is 40.3. The topological polar surface area (TPSA) is 136 Å². The first-order valence-electron chi connectivity index (χ1n) is 24.4. The lowest BCUT2D eigenvalue weighted by Crippen LogP contribution is -3.00. The summed E-state index contributed by atoms with van der Waals surface area (Å²) in [6.07, 6.45) is 11.4. The van der Waals surface area contributed by atoms with Crippen LogP contribution in [0.4, 0.5) is 0 Å². The quantitative estimate of drug-likeness (QED) is 0.0667. The number of ether oxygens (including phenoxy) is 6. The van der Waals surface area contributed by atoms with Crippen molar-refractivity contribution in [3.8, 4) is 34.5 Å². The summed E-state index contributed by atoms with van der Waals surface area (Å²) in [5.41, 5.74) is 8.20. The van der Waals surface area contributed by atoms with Gasteiger partial charge in [0.05, 0.1) is 28.5 Å². The van der Waals surface area contributed by atoms with Crippen LogP contribution >= 0.6 is 0 Å². The number of hydrogen-bond donors (Lipinski definition) is 0. The van der Waals surface area contributed by atoms with E-state index in [2.05, 4.69) is 6.58 Å². The Morgan fingerprint density at radius 1 is 0.468 bits per heavy atom. The Morgan fingerprint density at radius 2 is 0.831 bits per heavy atom. The molecule has 0 aliphatic carbocycles. The maximum Gasteiger partial charge on any atom is 0.343 e. The van der Waals surface area contributed by atoms with Crippen LogP contribution in [0, 0.1) is 55.4 Å². The van der Waals surface area contributed by atoms with E-state index in [4.69, 9.17) is 28.4 Å². The van der Waals surface area contributed by atoms with Crippen molar-refractivity contribution in [2.45, 2.75) is 68.5 Å². The van der Waals surface area contributed by atoms with E-state index in [1.165, 1.54) is 0 Å². The Hall–Kier alpha value is -8.14. The molecule has 15 heteroatoms. The van der Waals surface area contributed by atoms with E-state index in [-0.39, 0.29) is 34.0 Å². The minimum Gasteiger partial charge on any atom is -1.00 e. The first-order chi connectivity index (χ1) is 36.1. The lowest BCUT2D eigenvalue weighted by molar-refractivity contribution is -0.697. The Morgan fingerprint density at radius 3 is 1.21 bits per heavy atom. The van der Waals surface area contributed by atoms with Gasteiger partial charge in [-0.15, -0.1) is 0 Å². The Kier molecular flexibility index (Phi) is 21.8. The van der Waals surface area contributed by atoms with Gasteiger partial charge in [0.2, 0.25) is 6.33 Å². The molecule has 0 amide bonds. The highest BCUT2D eigenvalue weighted by Gasteiger charge is 2.21. The van der Waals surface area contributed by atoms with Crippen molar-refractivity contribution in [2.75, 3.05) is 13.2 Å². The zero-order valence-corrected chi connectivity index (χ0v) is 47.5. The second-order valence-electron chi connectivity index (χ2n) is 18.0. The summed E-state index contributed by atoms with van der Waals surface area (Å²) in [5, 5.41) is 0. The van der Waals surface area contributed by atoms with E-state index in [1.807, 2.05) is 143 Å². The summed E-state index contributed by atoms with van der Waals surface area (Å²) in [5.74, 6) is 1.30. The Balaban J connectivity index is 0.000000277. The van der Waals surface area contributed by atoms with Crippen molar-refractivity contribution < 1.29 is 90.7 Å². The molecule has 6 aromatic carbocycles. The number of aryl methyl sites for hydroxylation is 4. The highest BCUT2D eigenvalue weighted by molar-refractivity contribution is 5.94. The fourth-order valence-corrected chi connectivity index (χ4v) is 7.72. The van der Waals surface area contributed by atoms with Gasteiger partial charge in [-0.25, -0.2) is 32.9 Å². The summed E-state index contributed by atoms with van der Waals surface area (Å²) in [4.78, 5) is 50.9. The van der Waals surface area contributed by atoms with Gasteiger partial charge in [0.15, 0.2) is 18.9 Å². The molecule has 13 nitrogen and oxygen atoms in total. The number of carbonyl (C=O) groups excluding carboxylic acids is 4. The molecule has 0 radical (unpaired) electrons. The fraction of sp³-hybridized carbons (Fsp3) is 0.194. The third kappa shape index (κ3) is 16.2. The maximum atomic E-state index is 12.9. The first-order valence-corrected chi connectivity index (χ1v) is 24.4. The van der Waals surface area contributed by atoms with E-state index in [0.29, 0.717) is 87.6 Å². The molecule has 0 fully saturated rings. The molecule has 398 valence electrons. The normalized spacial score (nSPS) is 10.3. The number of aromatic nitrogens is 3. The van der Waals surface area contributed by atoms with Crippen LogP contribution in [0.2, 0.25) is 0 Å². The van der Waals surface area contributed by atoms with Crippen molar-refractivity contribution in [3.63, 3.8) is 0 Å². The average Bonchev–Trinajstić information content (AvgIpc) is 3.89. The van der Waals surface area contributed by atoms with Crippen molar-refractivity contribution in [1.82, 2.24) is 4.57 Å². The zero-order valence-electron chi connectivity index (χ0n) is 44.3. The van der Waals surface area contributed by atoms with Crippen LogP contribution in [-0.2, 0) is 13.1 Å². The van der Waals surface area contributed by atoms with Crippen LogP contribution in [0.15, 0.2) is 165 Å². The molecule has 0 spiro atoms. The van der Waals surface area contributed by atoms with Gasteiger partial charge in [0, 0.05) is 12.1 Å². The Bertz CT molecular complexity index is 3320. The molecular formula is C62H61Br2N3O10. The minimum absolute atomic E-state index is 0. The van der Waals surface area contributed by atoms with Gasteiger partial charge in [-0.05, 0) is 174 Å². The number of imidazole rings is 1. The second kappa shape index (κ2) is 28.1. The molecule has 0 saturated heterocycles. The number of rotatable bonds is 17. The van der Waals surface area contributed by atoms with Gasteiger partial charge < -0.3 is 62.4 Å². The van der Waals surface area contributed by atoms with Gasteiger partial charge in [-0.2, -0.15) is 0 Å². The summed E-state index contributed by atoms with van der Waals surface area (Å²) in [6.45, 7) is 21.0. The molecule has 77 heavy (non-hydrogen) atoms. The zero-order chi connectivity index (χ0) is 53.6. The average molecular weight is 1170 g/mol. The lowest BCUT2D eigenvalue weighted by atomic mass is 10.0. The molecule has 8 aromatic rings. The number of benzene rings is 6. The molecule has 0 bridgehead atoms. The number of pyridine rings is 1. The number of hydrogen-bond acceptors (Lipinski definition) is 10. The molecule has 0 unspecified atom stereocenters. The van der Waals surface area contributed by atoms with Crippen LogP contribution in [0.1, 0.15) is 85.9 Å². The lowest BCUT2D eigenvalue weighted by Gasteiger charge is -2.16. The number of carbonyl (C=O) groups is 4. The molecular weight excluding hydrogens is 1110 g/mol. The van der Waals surface area contributed by atoms with Crippen LogP contribution < -0.4 is 71.5 Å². The standard InChI is InChI=1S/C31H31N2O5.C31H30NO5.2BrH/c1-6-32-15-16-33(20-32)17-18-36-27-13-11-26(12-14-27)31(35)38-29-22(3)19-28(23(4)24(29)5)37-30(34)25-9-7-21(2)8-10-25;1-21-8-10-25(11-9-21)30(33)36-28-20-22(2)29(24(4)23(28)3)37-31(34)26-12-14-27(15-13-26)35-19-18-32-16-6-5-7-17-32;;/h6-16,19-20H,1,17-18H2,2-5H3;5-17,20H,18-19H2,1-4H3;2*1H/q2*+1;;/p-2.